The van der Waals surface area contributed by atoms with Crippen molar-refractivity contribution in [3.63, 3.8) is 0 Å². The zero-order chi connectivity index (χ0) is 20.4. The van der Waals surface area contributed by atoms with E-state index < -0.39 is 11.7 Å². The molecule has 0 saturated heterocycles. The third kappa shape index (κ3) is 3.92. The third-order valence-corrected chi connectivity index (χ3v) is 4.93. The average molecular weight is 394 g/mol. The first-order chi connectivity index (χ1) is 13.9. The highest BCUT2D eigenvalue weighted by atomic mass is 19.4. The number of aromatic nitrogens is 2. The van der Waals surface area contributed by atoms with Gasteiger partial charge in [-0.05, 0) is 35.9 Å². The molecule has 1 atom stereocenters. The van der Waals surface area contributed by atoms with Crippen LogP contribution >= 0.6 is 0 Å². The highest BCUT2D eigenvalue weighted by Gasteiger charge is 2.30. The average Bonchev–Trinajstić information content (AvgIpc) is 2.73. The normalized spacial score (nSPS) is 12.8. The summed E-state index contributed by atoms with van der Waals surface area (Å²) in [6, 6.07) is 17.8. The molecule has 0 aliphatic rings. The summed E-state index contributed by atoms with van der Waals surface area (Å²) in [5.41, 5.74) is 1.79. The molecular formula is C23H17F3N2O. The van der Waals surface area contributed by atoms with Gasteiger partial charge in [-0.2, -0.15) is 13.2 Å². The first-order valence-corrected chi connectivity index (χ1v) is 9.07. The number of phenols is 1. The van der Waals surface area contributed by atoms with Crippen molar-refractivity contribution in [3.05, 3.63) is 102 Å². The van der Waals surface area contributed by atoms with Crippen molar-refractivity contribution in [1.82, 2.24) is 9.97 Å². The molecule has 0 aliphatic heterocycles. The molecule has 2 aromatic carbocycles. The lowest BCUT2D eigenvalue weighted by atomic mass is 9.85. The Hall–Kier alpha value is -3.41. The van der Waals surface area contributed by atoms with Crippen LogP contribution < -0.4 is 0 Å². The fraction of sp³-hybridized carbons (Fsp3) is 0.130. The monoisotopic (exact) mass is 394 g/mol. The van der Waals surface area contributed by atoms with Gasteiger partial charge >= 0.3 is 6.18 Å². The standard InChI is InChI=1S/C23H17F3N2O/c24-23(25,26)17-9-6-15(7-10-17)20(14-18-5-1-2-12-27-18)19-11-8-16-4-3-13-28-21(16)22(19)29/h1-13,20,29H,14H2. The molecule has 0 aliphatic carbocycles. The van der Waals surface area contributed by atoms with Crippen molar-refractivity contribution in [2.45, 2.75) is 18.5 Å². The number of aromatic hydroxyl groups is 1. The van der Waals surface area contributed by atoms with Crippen molar-refractivity contribution in [2.24, 2.45) is 0 Å². The third-order valence-electron chi connectivity index (χ3n) is 4.93. The van der Waals surface area contributed by atoms with Crippen LogP contribution in [0, 0.1) is 0 Å². The van der Waals surface area contributed by atoms with Crippen LogP contribution in [-0.2, 0) is 12.6 Å². The Morgan fingerprint density at radius 1 is 0.828 bits per heavy atom. The predicted octanol–water partition coefficient (Wildman–Crippen LogP) is 5.73. The maximum absolute atomic E-state index is 13.0. The van der Waals surface area contributed by atoms with Crippen molar-refractivity contribution in [2.75, 3.05) is 0 Å². The molecule has 0 bridgehead atoms. The van der Waals surface area contributed by atoms with Gasteiger partial charge in [0.1, 0.15) is 11.3 Å². The number of fused-ring (bicyclic) bond motifs is 1. The molecule has 1 unspecified atom stereocenters. The Morgan fingerprint density at radius 3 is 2.28 bits per heavy atom. The summed E-state index contributed by atoms with van der Waals surface area (Å²) < 4.78 is 38.9. The Bertz CT molecular complexity index is 1130. The molecule has 4 aromatic rings. The second kappa shape index (κ2) is 7.54. The van der Waals surface area contributed by atoms with Gasteiger partial charge in [0.25, 0.3) is 0 Å². The Kier molecular flexibility index (Phi) is 4.92. The number of halogens is 3. The quantitative estimate of drug-likeness (QED) is 0.481. The van der Waals surface area contributed by atoms with Gasteiger partial charge in [0.15, 0.2) is 0 Å². The maximum Gasteiger partial charge on any atom is 0.416 e. The van der Waals surface area contributed by atoms with Gasteiger partial charge in [0.2, 0.25) is 0 Å². The topological polar surface area (TPSA) is 46.0 Å². The minimum atomic E-state index is -4.40. The molecule has 2 aromatic heterocycles. The number of hydrogen-bond acceptors (Lipinski definition) is 3. The summed E-state index contributed by atoms with van der Waals surface area (Å²) in [6.07, 6.45) is -0.708. The van der Waals surface area contributed by atoms with Crippen LogP contribution in [0.15, 0.2) is 79.1 Å². The van der Waals surface area contributed by atoms with Crippen molar-refractivity contribution in [3.8, 4) is 5.75 Å². The lowest BCUT2D eigenvalue weighted by Crippen LogP contribution is -2.09. The van der Waals surface area contributed by atoms with Crippen LogP contribution in [0.2, 0.25) is 0 Å². The van der Waals surface area contributed by atoms with E-state index in [-0.39, 0.29) is 11.7 Å². The summed E-state index contributed by atoms with van der Waals surface area (Å²) in [7, 11) is 0. The fourth-order valence-corrected chi connectivity index (χ4v) is 3.47. The summed E-state index contributed by atoms with van der Waals surface area (Å²) in [5.74, 6) is -0.345. The van der Waals surface area contributed by atoms with Gasteiger partial charge in [-0.25, -0.2) is 0 Å². The summed E-state index contributed by atoms with van der Waals surface area (Å²) in [4.78, 5) is 8.60. The highest BCUT2D eigenvalue weighted by Crippen LogP contribution is 2.38. The SMILES string of the molecule is Oc1c(C(Cc2ccccn2)c2ccc(C(F)(F)F)cc2)ccc2cccnc12. The van der Waals surface area contributed by atoms with Gasteiger partial charge in [0.05, 0.1) is 5.56 Å². The van der Waals surface area contributed by atoms with Crippen molar-refractivity contribution in [1.29, 1.82) is 0 Å². The van der Waals surface area contributed by atoms with E-state index in [1.807, 2.05) is 24.3 Å². The molecule has 1 N–H and O–H groups in total. The van der Waals surface area contributed by atoms with E-state index >= 15 is 0 Å². The van der Waals surface area contributed by atoms with E-state index in [2.05, 4.69) is 9.97 Å². The molecule has 2 heterocycles. The lowest BCUT2D eigenvalue weighted by Gasteiger charge is -2.20. The first kappa shape index (κ1) is 18.9. The second-order valence-electron chi connectivity index (χ2n) is 6.78. The Labute approximate surface area is 165 Å². The van der Waals surface area contributed by atoms with Crippen LogP contribution in [-0.4, -0.2) is 15.1 Å². The lowest BCUT2D eigenvalue weighted by molar-refractivity contribution is -0.137. The number of phenolic OH excluding ortho intramolecular Hbond substituents is 1. The summed E-state index contributed by atoms with van der Waals surface area (Å²) in [6.45, 7) is 0. The van der Waals surface area contributed by atoms with Gasteiger partial charge in [0, 0.05) is 41.4 Å². The number of benzene rings is 2. The highest BCUT2D eigenvalue weighted by molar-refractivity contribution is 5.85. The molecule has 29 heavy (non-hydrogen) atoms. The van der Waals surface area contributed by atoms with E-state index in [1.54, 1.807) is 30.6 Å². The predicted molar refractivity (Wildman–Crippen MR) is 105 cm³/mol. The van der Waals surface area contributed by atoms with Crippen LogP contribution in [0.1, 0.15) is 28.3 Å². The number of nitrogens with zero attached hydrogens (tertiary/aromatic N) is 2. The molecule has 0 saturated carbocycles. The minimum absolute atomic E-state index is 0.0314. The molecule has 0 spiro atoms. The van der Waals surface area contributed by atoms with Gasteiger partial charge < -0.3 is 5.11 Å². The molecule has 4 rings (SSSR count). The summed E-state index contributed by atoms with van der Waals surface area (Å²) in [5, 5.41) is 11.7. The van der Waals surface area contributed by atoms with E-state index in [9.17, 15) is 18.3 Å². The maximum atomic E-state index is 13.0. The molecule has 146 valence electrons. The van der Waals surface area contributed by atoms with E-state index in [1.165, 1.54) is 12.1 Å². The molecule has 3 nitrogen and oxygen atoms in total. The van der Waals surface area contributed by atoms with E-state index in [0.717, 1.165) is 23.2 Å². The van der Waals surface area contributed by atoms with E-state index in [0.29, 0.717) is 23.1 Å². The van der Waals surface area contributed by atoms with E-state index in [4.69, 9.17) is 0 Å². The van der Waals surface area contributed by atoms with Crippen LogP contribution in [0.5, 0.6) is 5.75 Å². The second-order valence-corrected chi connectivity index (χ2v) is 6.78. The Morgan fingerprint density at radius 2 is 1.59 bits per heavy atom. The molecule has 0 amide bonds. The first-order valence-electron chi connectivity index (χ1n) is 9.07. The van der Waals surface area contributed by atoms with Crippen LogP contribution in [0.25, 0.3) is 10.9 Å². The van der Waals surface area contributed by atoms with Gasteiger partial charge in [-0.15, -0.1) is 0 Å². The van der Waals surface area contributed by atoms with Gasteiger partial charge in [-0.1, -0.05) is 36.4 Å². The largest absolute Gasteiger partial charge is 0.505 e. The molecular weight excluding hydrogens is 377 g/mol. The number of alkyl halides is 3. The van der Waals surface area contributed by atoms with Gasteiger partial charge in [-0.3, -0.25) is 9.97 Å². The number of rotatable bonds is 4. The fourth-order valence-electron chi connectivity index (χ4n) is 3.47. The molecule has 0 fully saturated rings. The zero-order valence-corrected chi connectivity index (χ0v) is 15.3. The molecule has 6 heteroatoms. The molecule has 0 radical (unpaired) electrons. The van der Waals surface area contributed by atoms with Crippen molar-refractivity contribution >= 4 is 10.9 Å². The Balaban J connectivity index is 1.82. The minimum Gasteiger partial charge on any atom is -0.505 e. The number of hydrogen-bond donors (Lipinski definition) is 1. The van der Waals surface area contributed by atoms with Crippen LogP contribution in [0.4, 0.5) is 13.2 Å². The smallest absolute Gasteiger partial charge is 0.416 e. The van der Waals surface area contributed by atoms with Crippen molar-refractivity contribution < 1.29 is 18.3 Å². The van der Waals surface area contributed by atoms with Crippen LogP contribution in [0.3, 0.4) is 0 Å². The zero-order valence-electron chi connectivity index (χ0n) is 15.3. The summed E-state index contributed by atoms with van der Waals surface area (Å²) >= 11 is 0. The number of pyridine rings is 2.